The summed E-state index contributed by atoms with van der Waals surface area (Å²) in [4.78, 5) is 13.1. The van der Waals surface area contributed by atoms with Crippen LogP contribution in [0.1, 0.15) is 43.8 Å². The van der Waals surface area contributed by atoms with Gasteiger partial charge in [0.25, 0.3) is 0 Å². The lowest BCUT2D eigenvalue weighted by Crippen LogP contribution is -2.14. The van der Waals surface area contributed by atoms with E-state index < -0.39 is 0 Å². The van der Waals surface area contributed by atoms with E-state index in [1.165, 1.54) is 32.1 Å². The van der Waals surface area contributed by atoms with Crippen LogP contribution in [-0.2, 0) is 0 Å². The average Bonchev–Trinajstić information content (AvgIpc) is 2.95. The Kier molecular flexibility index (Phi) is 3.77. The van der Waals surface area contributed by atoms with Crippen LogP contribution >= 0.6 is 11.6 Å². The molecule has 118 valence electrons. The molecule has 0 N–H and O–H groups in total. The molecule has 1 saturated carbocycles. The Bertz CT molecular complexity index is 832. The number of halogens is 1. The van der Waals surface area contributed by atoms with Gasteiger partial charge in [0.2, 0.25) is 5.28 Å². The Hall–Kier alpha value is -1.94. The van der Waals surface area contributed by atoms with Gasteiger partial charge >= 0.3 is 0 Å². The quantitative estimate of drug-likeness (QED) is 0.625. The first-order valence-corrected chi connectivity index (χ1v) is 8.57. The van der Waals surface area contributed by atoms with E-state index in [-0.39, 0.29) is 0 Å². The summed E-state index contributed by atoms with van der Waals surface area (Å²) < 4.78 is 2.36. The largest absolute Gasteiger partial charge is 0.322 e. The number of pyridine rings is 1. The first-order valence-electron chi connectivity index (χ1n) is 8.19. The van der Waals surface area contributed by atoms with E-state index in [0.717, 1.165) is 28.0 Å². The molecule has 0 aliphatic heterocycles. The summed E-state index contributed by atoms with van der Waals surface area (Å²) in [6.07, 6.45) is 10.0. The fourth-order valence-electron chi connectivity index (χ4n) is 3.54. The molecular formula is C18H19ClN4. The third-order valence-corrected chi connectivity index (χ3v) is 4.88. The predicted octanol–water partition coefficient (Wildman–Crippen LogP) is 4.96. The molecule has 1 aliphatic carbocycles. The normalized spacial score (nSPS) is 16.1. The zero-order valence-electron chi connectivity index (χ0n) is 13.2. The minimum atomic E-state index is 0.307. The van der Waals surface area contributed by atoms with E-state index in [1.807, 2.05) is 19.3 Å². The summed E-state index contributed by atoms with van der Waals surface area (Å²) in [6, 6.07) is 6.82. The number of hydrogen-bond donors (Lipinski definition) is 0. The van der Waals surface area contributed by atoms with Crippen LogP contribution in [0.15, 0.2) is 30.6 Å². The van der Waals surface area contributed by atoms with E-state index >= 15 is 0 Å². The number of nitrogens with zero attached hydrogens (tertiary/aromatic N) is 4. The molecule has 0 spiro atoms. The summed E-state index contributed by atoms with van der Waals surface area (Å²) in [5.41, 5.74) is 4.25. The molecule has 3 aromatic heterocycles. The number of aromatic nitrogens is 4. The van der Waals surface area contributed by atoms with Crippen LogP contribution in [0.5, 0.6) is 0 Å². The van der Waals surface area contributed by atoms with Gasteiger partial charge in [-0.05, 0) is 49.6 Å². The molecule has 0 unspecified atom stereocenters. The van der Waals surface area contributed by atoms with Crippen molar-refractivity contribution >= 4 is 22.6 Å². The zero-order chi connectivity index (χ0) is 15.8. The average molecular weight is 327 g/mol. The van der Waals surface area contributed by atoms with Gasteiger partial charge in [-0.25, -0.2) is 4.98 Å². The summed E-state index contributed by atoms with van der Waals surface area (Å²) in [5, 5.41) is 1.34. The molecule has 0 amide bonds. The third-order valence-electron chi connectivity index (χ3n) is 4.69. The molecule has 3 heterocycles. The molecule has 0 saturated heterocycles. The summed E-state index contributed by atoms with van der Waals surface area (Å²) in [7, 11) is 0. The van der Waals surface area contributed by atoms with Gasteiger partial charge in [-0.3, -0.25) is 4.98 Å². The maximum absolute atomic E-state index is 6.06. The molecule has 3 aromatic rings. The van der Waals surface area contributed by atoms with Crippen LogP contribution < -0.4 is 0 Å². The standard InChI is InChI=1S/C18H19ClN4/c1-12-7-8-13(10-20-12)16-9-14-11-21-18(19)22-17(14)23(16)15-5-3-2-4-6-15/h7-11,15H,2-6H2,1H3. The van der Waals surface area contributed by atoms with Crippen molar-refractivity contribution in [2.45, 2.75) is 45.1 Å². The Labute approximate surface area is 140 Å². The predicted molar refractivity (Wildman–Crippen MR) is 92.6 cm³/mol. The van der Waals surface area contributed by atoms with Crippen molar-refractivity contribution < 1.29 is 0 Å². The summed E-state index contributed by atoms with van der Waals surface area (Å²) in [5.74, 6) is 0. The number of hydrogen-bond acceptors (Lipinski definition) is 3. The molecule has 5 heteroatoms. The molecule has 1 fully saturated rings. The lowest BCUT2D eigenvalue weighted by Gasteiger charge is -2.26. The molecule has 23 heavy (non-hydrogen) atoms. The lowest BCUT2D eigenvalue weighted by atomic mass is 9.95. The van der Waals surface area contributed by atoms with E-state index in [2.05, 4.69) is 37.7 Å². The molecule has 0 atom stereocenters. The first kappa shape index (κ1) is 14.6. The Morgan fingerprint density at radius 3 is 2.65 bits per heavy atom. The SMILES string of the molecule is Cc1ccc(-c2cc3cnc(Cl)nc3n2C2CCCCC2)cn1. The molecule has 4 nitrogen and oxygen atoms in total. The molecule has 0 aromatic carbocycles. The zero-order valence-corrected chi connectivity index (χ0v) is 13.9. The van der Waals surface area contributed by atoms with Crippen molar-refractivity contribution in [2.75, 3.05) is 0 Å². The summed E-state index contributed by atoms with van der Waals surface area (Å²) >= 11 is 6.06. The van der Waals surface area contributed by atoms with Crippen molar-refractivity contribution in [1.82, 2.24) is 19.5 Å². The monoisotopic (exact) mass is 326 g/mol. The van der Waals surface area contributed by atoms with E-state index in [1.54, 1.807) is 0 Å². The number of aryl methyl sites for hydroxylation is 1. The molecule has 4 rings (SSSR count). The fourth-order valence-corrected chi connectivity index (χ4v) is 3.67. The van der Waals surface area contributed by atoms with Crippen molar-refractivity contribution in [1.29, 1.82) is 0 Å². The van der Waals surface area contributed by atoms with Gasteiger partial charge in [0, 0.05) is 35.1 Å². The van der Waals surface area contributed by atoms with Gasteiger partial charge in [0.05, 0.1) is 5.69 Å². The second-order valence-electron chi connectivity index (χ2n) is 6.30. The van der Waals surface area contributed by atoms with Crippen molar-refractivity contribution in [3.05, 3.63) is 41.6 Å². The van der Waals surface area contributed by atoms with E-state index in [9.17, 15) is 0 Å². The molecule has 1 aliphatic rings. The highest BCUT2D eigenvalue weighted by molar-refractivity contribution is 6.28. The van der Waals surface area contributed by atoms with Gasteiger partial charge in [-0.1, -0.05) is 19.3 Å². The highest BCUT2D eigenvalue weighted by Gasteiger charge is 2.22. The van der Waals surface area contributed by atoms with Gasteiger partial charge in [-0.2, -0.15) is 4.98 Å². The van der Waals surface area contributed by atoms with Crippen LogP contribution in [-0.4, -0.2) is 19.5 Å². The van der Waals surface area contributed by atoms with Gasteiger partial charge in [0.1, 0.15) is 5.65 Å². The Morgan fingerprint density at radius 2 is 1.91 bits per heavy atom. The topological polar surface area (TPSA) is 43.6 Å². The van der Waals surface area contributed by atoms with Gasteiger partial charge < -0.3 is 4.57 Å². The maximum Gasteiger partial charge on any atom is 0.224 e. The van der Waals surface area contributed by atoms with Crippen molar-refractivity contribution in [3.63, 3.8) is 0 Å². The molecule has 0 bridgehead atoms. The highest BCUT2D eigenvalue weighted by atomic mass is 35.5. The third kappa shape index (κ3) is 2.72. The van der Waals surface area contributed by atoms with Crippen molar-refractivity contribution in [3.8, 4) is 11.3 Å². The fraction of sp³-hybridized carbons (Fsp3) is 0.389. The smallest absolute Gasteiger partial charge is 0.224 e. The van der Waals surface area contributed by atoms with Crippen LogP contribution in [0.2, 0.25) is 5.28 Å². The minimum Gasteiger partial charge on any atom is -0.322 e. The lowest BCUT2D eigenvalue weighted by molar-refractivity contribution is 0.362. The minimum absolute atomic E-state index is 0.307. The van der Waals surface area contributed by atoms with Crippen LogP contribution in [0.25, 0.3) is 22.3 Å². The molecule has 0 radical (unpaired) electrons. The van der Waals surface area contributed by atoms with Crippen LogP contribution in [0, 0.1) is 6.92 Å². The van der Waals surface area contributed by atoms with E-state index in [0.29, 0.717) is 11.3 Å². The van der Waals surface area contributed by atoms with Gasteiger partial charge in [-0.15, -0.1) is 0 Å². The first-order chi connectivity index (χ1) is 11.2. The second-order valence-corrected chi connectivity index (χ2v) is 6.64. The number of rotatable bonds is 2. The Morgan fingerprint density at radius 1 is 1.09 bits per heavy atom. The second kappa shape index (κ2) is 5.93. The molecular weight excluding hydrogens is 308 g/mol. The maximum atomic E-state index is 6.06. The van der Waals surface area contributed by atoms with Crippen molar-refractivity contribution in [2.24, 2.45) is 0 Å². The Balaban J connectivity index is 1.93. The van der Waals surface area contributed by atoms with Crippen LogP contribution in [0.4, 0.5) is 0 Å². The van der Waals surface area contributed by atoms with E-state index in [4.69, 9.17) is 11.6 Å². The van der Waals surface area contributed by atoms with Crippen LogP contribution in [0.3, 0.4) is 0 Å². The summed E-state index contributed by atoms with van der Waals surface area (Å²) in [6.45, 7) is 2.01. The van der Waals surface area contributed by atoms with Gasteiger partial charge in [0.15, 0.2) is 0 Å². The highest BCUT2D eigenvalue weighted by Crippen LogP contribution is 2.36. The number of fused-ring (bicyclic) bond motifs is 1.